The number of benzene rings is 2. The van der Waals surface area contributed by atoms with Crippen molar-refractivity contribution in [2.24, 2.45) is 0 Å². The van der Waals surface area contributed by atoms with Gasteiger partial charge in [0.1, 0.15) is 0 Å². The number of sulfonamides is 1. The normalized spacial score (nSPS) is 12.3. The first-order chi connectivity index (χ1) is 10.9. The molecule has 0 aliphatic heterocycles. The van der Waals surface area contributed by atoms with Crippen LogP contribution >= 0.6 is 0 Å². The summed E-state index contributed by atoms with van der Waals surface area (Å²) in [6, 6.07) is 20.0. The third-order valence-electron chi connectivity index (χ3n) is 4.01. The molecule has 0 radical (unpaired) electrons. The summed E-state index contributed by atoms with van der Waals surface area (Å²) in [7, 11) is -3.24. The highest BCUT2D eigenvalue weighted by molar-refractivity contribution is 7.89. The highest BCUT2D eigenvalue weighted by Crippen LogP contribution is 2.22. The maximum Gasteiger partial charge on any atom is 0.211 e. The smallest absolute Gasteiger partial charge is 0.211 e. The van der Waals surface area contributed by atoms with Gasteiger partial charge < -0.3 is 0 Å². The van der Waals surface area contributed by atoms with Crippen molar-refractivity contribution in [3.8, 4) is 0 Å². The Morgan fingerprint density at radius 2 is 1.48 bits per heavy atom. The average molecular weight is 331 g/mol. The van der Waals surface area contributed by atoms with Gasteiger partial charge >= 0.3 is 0 Å². The molecule has 0 spiro atoms. The van der Waals surface area contributed by atoms with Crippen LogP contribution in [0.4, 0.5) is 0 Å². The molecule has 3 nitrogen and oxygen atoms in total. The topological polar surface area (TPSA) is 46.2 Å². The van der Waals surface area contributed by atoms with Gasteiger partial charge in [0, 0.05) is 12.0 Å². The maximum atomic E-state index is 12.2. The number of hydrogen-bond acceptors (Lipinski definition) is 2. The summed E-state index contributed by atoms with van der Waals surface area (Å²) in [5.74, 6) is 0.159. The Balaban J connectivity index is 1.84. The Bertz CT molecular complexity index is 695. The fourth-order valence-electron chi connectivity index (χ4n) is 2.46. The molecular formula is C19H25NO2S. The van der Waals surface area contributed by atoms with Crippen LogP contribution in [0.25, 0.3) is 0 Å². The van der Waals surface area contributed by atoms with Crippen molar-refractivity contribution in [2.75, 3.05) is 12.3 Å². The van der Waals surface area contributed by atoms with E-state index in [1.165, 1.54) is 5.56 Å². The first kappa shape index (κ1) is 17.7. The van der Waals surface area contributed by atoms with E-state index in [1.807, 2.05) is 60.7 Å². The Morgan fingerprint density at radius 1 is 0.913 bits per heavy atom. The van der Waals surface area contributed by atoms with Crippen molar-refractivity contribution in [3.63, 3.8) is 0 Å². The SMILES string of the molecule is CC(C)(CNS(=O)(=O)CCCc1ccccc1)c1ccccc1. The van der Waals surface area contributed by atoms with Crippen LogP contribution in [0.5, 0.6) is 0 Å². The predicted octanol–water partition coefficient (Wildman–Crippen LogP) is 3.52. The van der Waals surface area contributed by atoms with Crippen molar-refractivity contribution in [1.82, 2.24) is 4.72 Å². The monoisotopic (exact) mass is 331 g/mol. The number of aryl methyl sites for hydroxylation is 1. The minimum atomic E-state index is -3.24. The molecule has 0 atom stereocenters. The van der Waals surface area contributed by atoms with E-state index in [4.69, 9.17) is 0 Å². The zero-order chi connectivity index (χ0) is 16.8. The molecule has 124 valence electrons. The minimum Gasteiger partial charge on any atom is -0.214 e. The highest BCUT2D eigenvalue weighted by Gasteiger charge is 2.22. The molecule has 2 aromatic rings. The summed E-state index contributed by atoms with van der Waals surface area (Å²) in [4.78, 5) is 0. The van der Waals surface area contributed by atoms with Gasteiger partial charge in [0.2, 0.25) is 10.0 Å². The van der Waals surface area contributed by atoms with Gasteiger partial charge in [-0.05, 0) is 24.0 Å². The van der Waals surface area contributed by atoms with Crippen molar-refractivity contribution < 1.29 is 8.42 Å². The third-order valence-corrected chi connectivity index (χ3v) is 5.42. The molecule has 0 aliphatic carbocycles. The molecule has 1 N–H and O–H groups in total. The largest absolute Gasteiger partial charge is 0.214 e. The molecule has 23 heavy (non-hydrogen) atoms. The fraction of sp³-hybridized carbons (Fsp3) is 0.368. The van der Waals surface area contributed by atoms with Crippen LogP contribution in [0.15, 0.2) is 60.7 Å². The van der Waals surface area contributed by atoms with E-state index in [9.17, 15) is 8.42 Å². The lowest BCUT2D eigenvalue weighted by molar-refractivity contribution is 0.501. The minimum absolute atomic E-state index is 0.159. The maximum absolute atomic E-state index is 12.2. The van der Waals surface area contributed by atoms with Crippen LogP contribution in [0, 0.1) is 0 Å². The summed E-state index contributed by atoms with van der Waals surface area (Å²) < 4.78 is 27.1. The predicted molar refractivity (Wildman–Crippen MR) is 96.0 cm³/mol. The molecule has 0 saturated carbocycles. The molecule has 0 bridgehead atoms. The third kappa shape index (κ3) is 5.81. The van der Waals surface area contributed by atoms with Crippen molar-refractivity contribution >= 4 is 10.0 Å². The van der Waals surface area contributed by atoms with Gasteiger partial charge in [-0.3, -0.25) is 0 Å². The molecule has 0 heterocycles. The molecule has 0 aliphatic rings. The van der Waals surface area contributed by atoms with Crippen LogP contribution in [-0.4, -0.2) is 20.7 Å². The van der Waals surface area contributed by atoms with Gasteiger partial charge in [-0.1, -0.05) is 74.5 Å². The lowest BCUT2D eigenvalue weighted by Crippen LogP contribution is -2.37. The Hall–Kier alpha value is -1.65. The van der Waals surface area contributed by atoms with Gasteiger partial charge in [0.15, 0.2) is 0 Å². The van der Waals surface area contributed by atoms with E-state index in [-0.39, 0.29) is 11.2 Å². The molecule has 4 heteroatoms. The van der Waals surface area contributed by atoms with Gasteiger partial charge in [-0.25, -0.2) is 13.1 Å². The quantitative estimate of drug-likeness (QED) is 0.804. The second-order valence-corrected chi connectivity index (χ2v) is 8.41. The number of hydrogen-bond donors (Lipinski definition) is 1. The van der Waals surface area contributed by atoms with Gasteiger partial charge in [-0.2, -0.15) is 0 Å². The summed E-state index contributed by atoms with van der Waals surface area (Å²) in [5, 5.41) is 0. The second kappa shape index (κ2) is 7.75. The lowest BCUT2D eigenvalue weighted by atomic mass is 9.85. The lowest BCUT2D eigenvalue weighted by Gasteiger charge is -2.25. The van der Waals surface area contributed by atoms with Gasteiger partial charge in [-0.15, -0.1) is 0 Å². The van der Waals surface area contributed by atoms with Crippen LogP contribution in [0.2, 0.25) is 0 Å². The summed E-state index contributed by atoms with van der Waals surface area (Å²) in [5.41, 5.74) is 2.08. The van der Waals surface area contributed by atoms with E-state index in [0.29, 0.717) is 13.0 Å². The summed E-state index contributed by atoms with van der Waals surface area (Å²) in [6.45, 7) is 4.51. The summed E-state index contributed by atoms with van der Waals surface area (Å²) >= 11 is 0. The molecule has 0 fully saturated rings. The standard InChI is InChI=1S/C19H25NO2S/c1-19(2,18-13-7-4-8-14-18)16-20-23(21,22)15-9-12-17-10-5-3-6-11-17/h3-8,10-11,13-14,20H,9,12,15-16H2,1-2H3. The Morgan fingerprint density at radius 3 is 2.09 bits per heavy atom. The molecule has 0 saturated heterocycles. The average Bonchev–Trinajstić information content (AvgIpc) is 2.55. The van der Waals surface area contributed by atoms with Crippen molar-refractivity contribution in [2.45, 2.75) is 32.1 Å². The second-order valence-electron chi connectivity index (χ2n) is 6.48. The van der Waals surface area contributed by atoms with E-state index >= 15 is 0 Å². The zero-order valence-corrected chi connectivity index (χ0v) is 14.6. The molecular weight excluding hydrogens is 306 g/mol. The molecule has 2 rings (SSSR count). The Labute approximate surface area is 139 Å². The van der Waals surface area contributed by atoms with Crippen LogP contribution < -0.4 is 4.72 Å². The van der Waals surface area contributed by atoms with Crippen LogP contribution in [0.1, 0.15) is 31.4 Å². The van der Waals surface area contributed by atoms with E-state index < -0.39 is 10.0 Å². The van der Waals surface area contributed by atoms with Gasteiger partial charge in [0.25, 0.3) is 0 Å². The van der Waals surface area contributed by atoms with Crippen LogP contribution in [0.3, 0.4) is 0 Å². The van der Waals surface area contributed by atoms with E-state index in [1.54, 1.807) is 0 Å². The van der Waals surface area contributed by atoms with Crippen LogP contribution in [-0.2, 0) is 21.9 Å². The van der Waals surface area contributed by atoms with Gasteiger partial charge in [0.05, 0.1) is 5.75 Å². The van der Waals surface area contributed by atoms with E-state index in [0.717, 1.165) is 12.0 Å². The van der Waals surface area contributed by atoms with E-state index in [2.05, 4.69) is 18.6 Å². The molecule has 2 aromatic carbocycles. The van der Waals surface area contributed by atoms with Crippen molar-refractivity contribution in [1.29, 1.82) is 0 Å². The molecule has 0 unspecified atom stereocenters. The molecule has 0 aromatic heterocycles. The first-order valence-corrected chi connectivity index (χ1v) is 9.61. The summed E-state index contributed by atoms with van der Waals surface area (Å²) in [6.07, 6.45) is 1.41. The van der Waals surface area contributed by atoms with Crippen molar-refractivity contribution in [3.05, 3.63) is 71.8 Å². The number of rotatable bonds is 8. The Kier molecular flexibility index (Phi) is 5.97. The fourth-order valence-corrected chi connectivity index (χ4v) is 3.71. The first-order valence-electron chi connectivity index (χ1n) is 7.96. The highest BCUT2D eigenvalue weighted by atomic mass is 32.2. The zero-order valence-electron chi connectivity index (χ0n) is 13.8. The molecule has 0 amide bonds. The number of nitrogens with one attached hydrogen (secondary N) is 1.